The molecule has 0 bridgehead atoms. The van der Waals surface area contributed by atoms with Crippen LogP contribution in [-0.4, -0.2) is 28.5 Å². The molecule has 0 radical (unpaired) electrons. The Bertz CT molecular complexity index is 709. The van der Waals surface area contributed by atoms with Gasteiger partial charge >= 0.3 is 0 Å². The summed E-state index contributed by atoms with van der Waals surface area (Å²) in [5, 5.41) is 1.02. The summed E-state index contributed by atoms with van der Waals surface area (Å²) in [6, 6.07) is 18.6. The van der Waals surface area contributed by atoms with Gasteiger partial charge in [-0.05, 0) is 31.2 Å². The van der Waals surface area contributed by atoms with Crippen molar-refractivity contribution in [3.63, 3.8) is 0 Å². The Labute approximate surface area is 129 Å². The minimum atomic E-state index is 0.749. The molecule has 0 saturated heterocycles. The summed E-state index contributed by atoms with van der Waals surface area (Å²) >= 11 is 1.73. The average Bonchev–Trinajstić information content (AvgIpc) is 2.90. The lowest BCUT2D eigenvalue weighted by Crippen LogP contribution is -2.00. The minimum absolute atomic E-state index is 0.749. The maximum Gasteiger partial charge on any atom is 0.173 e. The molecule has 2 aromatic carbocycles. The van der Waals surface area contributed by atoms with E-state index < -0.39 is 0 Å². The van der Waals surface area contributed by atoms with Gasteiger partial charge in [0.1, 0.15) is 0 Å². The van der Waals surface area contributed by atoms with E-state index in [1.807, 2.05) is 19.1 Å². The molecular formula is C17H18N2OS. The molecule has 0 aliphatic carbocycles. The van der Waals surface area contributed by atoms with Gasteiger partial charge in [-0.3, -0.25) is 4.57 Å². The minimum Gasteiger partial charge on any atom is -0.381 e. The van der Waals surface area contributed by atoms with Crippen molar-refractivity contribution in [2.24, 2.45) is 0 Å². The second-order valence-corrected chi connectivity index (χ2v) is 5.66. The lowest BCUT2D eigenvalue weighted by Gasteiger charge is -2.08. The predicted molar refractivity (Wildman–Crippen MR) is 88.3 cm³/mol. The van der Waals surface area contributed by atoms with Gasteiger partial charge in [-0.1, -0.05) is 42.1 Å². The summed E-state index contributed by atoms with van der Waals surface area (Å²) in [5.74, 6) is 0.907. The summed E-state index contributed by atoms with van der Waals surface area (Å²) in [6.07, 6.45) is 0. The molecule has 108 valence electrons. The Morgan fingerprint density at radius 1 is 1.05 bits per heavy atom. The number of rotatable bonds is 6. The summed E-state index contributed by atoms with van der Waals surface area (Å²) in [6.45, 7) is 3.53. The van der Waals surface area contributed by atoms with Crippen molar-refractivity contribution < 1.29 is 4.74 Å². The molecule has 0 N–H and O–H groups in total. The first-order chi connectivity index (χ1) is 10.4. The highest BCUT2D eigenvalue weighted by atomic mass is 32.2. The number of aromatic nitrogens is 2. The van der Waals surface area contributed by atoms with Crippen molar-refractivity contribution in [3.8, 4) is 5.69 Å². The SMILES string of the molecule is CCOCCSc1nc2ccccc2n1-c1ccccc1. The van der Waals surface area contributed by atoms with Crippen LogP contribution < -0.4 is 0 Å². The highest BCUT2D eigenvalue weighted by molar-refractivity contribution is 7.99. The van der Waals surface area contributed by atoms with Gasteiger partial charge in [-0.25, -0.2) is 4.98 Å². The maximum atomic E-state index is 5.42. The predicted octanol–water partition coefficient (Wildman–Crippen LogP) is 4.15. The lowest BCUT2D eigenvalue weighted by molar-refractivity contribution is 0.164. The molecule has 0 unspecified atom stereocenters. The van der Waals surface area contributed by atoms with E-state index in [0.717, 1.165) is 40.8 Å². The number of ether oxygens (including phenoxy) is 1. The lowest BCUT2D eigenvalue weighted by atomic mass is 10.3. The highest BCUT2D eigenvalue weighted by Crippen LogP contribution is 2.27. The van der Waals surface area contributed by atoms with Gasteiger partial charge in [0.15, 0.2) is 5.16 Å². The van der Waals surface area contributed by atoms with Crippen molar-refractivity contribution in [3.05, 3.63) is 54.6 Å². The smallest absolute Gasteiger partial charge is 0.173 e. The Hall–Kier alpha value is -1.78. The number of hydrogen-bond donors (Lipinski definition) is 0. The molecule has 0 saturated carbocycles. The molecular weight excluding hydrogens is 280 g/mol. The fourth-order valence-electron chi connectivity index (χ4n) is 2.26. The molecule has 0 aliphatic rings. The third-order valence-electron chi connectivity index (χ3n) is 3.21. The van der Waals surface area contributed by atoms with Crippen LogP contribution in [0.1, 0.15) is 6.92 Å². The second-order valence-electron chi connectivity index (χ2n) is 4.60. The van der Waals surface area contributed by atoms with E-state index in [4.69, 9.17) is 9.72 Å². The number of para-hydroxylation sites is 3. The summed E-state index contributed by atoms with van der Waals surface area (Å²) in [4.78, 5) is 4.76. The second kappa shape index (κ2) is 6.78. The number of imidazole rings is 1. The highest BCUT2D eigenvalue weighted by Gasteiger charge is 2.12. The van der Waals surface area contributed by atoms with Gasteiger partial charge < -0.3 is 4.74 Å². The molecule has 3 rings (SSSR count). The van der Waals surface area contributed by atoms with Crippen molar-refractivity contribution in [1.29, 1.82) is 0 Å². The van der Waals surface area contributed by atoms with Crippen LogP contribution in [0.15, 0.2) is 59.8 Å². The van der Waals surface area contributed by atoms with Crippen LogP contribution in [-0.2, 0) is 4.74 Å². The molecule has 0 spiro atoms. The first-order valence-electron chi connectivity index (χ1n) is 7.13. The van der Waals surface area contributed by atoms with Gasteiger partial charge in [0.25, 0.3) is 0 Å². The number of nitrogens with zero attached hydrogens (tertiary/aromatic N) is 2. The molecule has 0 fully saturated rings. The summed E-state index contributed by atoms with van der Waals surface area (Å²) in [7, 11) is 0. The Morgan fingerprint density at radius 2 is 1.81 bits per heavy atom. The van der Waals surface area contributed by atoms with E-state index in [-0.39, 0.29) is 0 Å². The number of thioether (sulfide) groups is 1. The van der Waals surface area contributed by atoms with Crippen molar-refractivity contribution in [2.75, 3.05) is 19.0 Å². The largest absolute Gasteiger partial charge is 0.381 e. The first kappa shape index (κ1) is 14.2. The van der Waals surface area contributed by atoms with Gasteiger partial charge in [-0.2, -0.15) is 0 Å². The fraction of sp³-hybridized carbons (Fsp3) is 0.235. The molecule has 1 heterocycles. The third-order valence-corrected chi connectivity index (χ3v) is 4.11. The molecule has 21 heavy (non-hydrogen) atoms. The molecule has 0 aliphatic heterocycles. The van der Waals surface area contributed by atoms with E-state index in [1.165, 1.54) is 0 Å². The number of fused-ring (bicyclic) bond motifs is 1. The van der Waals surface area contributed by atoms with Crippen LogP contribution in [0.25, 0.3) is 16.7 Å². The van der Waals surface area contributed by atoms with Crippen LogP contribution in [0, 0.1) is 0 Å². The average molecular weight is 298 g/mol. The van der Waals surface area contributed by atoms with Crippen LogP contribution in [0.4, 0.5) is 0 Å². The molecule has 0 amide bonds. The monoisotopic (exact) mass is 298 g/mol. The van der Waals surface area contributed by atoms with E-state index in [2.05, 4.69) is 47.0 Å². The molecule has 3 aromatic rings. The fourth-order valence-corrected chi connectivity index (χ4v) is 3.14. The van der Waals surface area contributed by atoms with Gasteiger partial charge in [0.05, 0.1) is 17.6 Å². The Balaban J connectivity index is 1.98. The molecule has 1 aromatic heterocycles. The van der Waals surface area contributed by atoms with Crippen molar-refractivity contribution in [1.82, 2.24) is 9.55 Å². The molecule has 3 nitrogen and oxygen atoms in total. The number of hydrogen-bond acceptors (Lipinski definition) is 3. The first-order valence-corrected chi connectivity index (χ1v) is 8.12. The zero-order valence-corrected chi connectivity index (χ0v) is 12.8. The third kappa shape index (κ3) is 3.12. The topological polar surface area (TPSA) is 27.1 Å². The standard InChI is InChI=1S/C17H18N2OS/c1-2-20-12-13-21-17-18-15-10-6-7-11-16(15)19(17)14-8-4-3-5-9-14/h3-11H,2,12-13H2,1H3. The maximum absolute atomic E-state index is 5.42. The normalized spacial score (nSPS) is 11.1. The van der Waals surface area contributed by atoms with Crippen molar-refractivity contribution >= 4 is 22.8 Å². The summed E-state index contributed by atoms with van der Waals surface area (Å²) < 4.78 is 7.63. The Kier molecular flexibility index (Phi) is 4.58. The van der Waals surface area contributed by atoms with E-state index in [9.17, 15) is 0 Å². The van der Waals surface area contributed by atoms with E-state index in [1.54, 1.807) is 11.8 Å². The van der Waals surface area contributed by atoms with Crippen LogP contribution in [0.3, 0.4) is 0 Å². The number of benzene rings is 2. The van der Waals surface area contributed by atoms with Crippen LogP contribution in [0.2, 0.25) is 0 Å². The zero-order valence-electron chi connectivity index (χ0n) is 12.0. The van der Waals surface area contributed by atoms with Crippen LogP contribution in [0.5, 0.6) is 0 Å². The van der Waals surface area contributed by atoms with E-state index in [0.29, 0.717) is 0 Å². The molecule has 0 atom stereocenters. The van der Waals surface area contributed by atoms with Crippen LogP contribution >= 0.6 is 11.8 Å². The van der Waals surface area contributed by atoms with Crippen molar-refractivity contribution in [2.45, 2.75) is 12.1 Å². The van der Waals surface area contributed by atoms with E-state index >= 15 is 0 Å². The molecule has 4 heteroatoms. The zero-order chi connectivity index (χ0) is 14.5. The van der Waals surface area contributed by atoms with Gasteiger partial charge in [0, 0.05) is 18.0 Å². The Morgan fingerprint density at radius 3 is 2.62 bits per heavy atom. The summed E-state index contributed by atoms with van der Waals surface area (Å²) in [5.41, 5.74) is 3.31. The quantitative estimate of drug-likeness (QED) is 0.505. The van der Waals surface area contributed by atoms with Gasteiger partial charge in [0.2, 0.25) is 0 Å². The van der Waals surface area contributed by atoms with Gasteiger partial charge in [-0.15, -0.1) is 0 Å².